The van der Waals surface area contributed by atoms with Crippen molar-refractivity contribution < 1.29 is 9.53 Å². The summed E-state index contributed by atoms with van der Waals surface area (Å²) in [5.74, 6) is -0.285. The van der Waals surface area contributed by atoms with E-state index in [1.54, 1.807) is 6.08 Å². The first-order valence-corrected chi connectivity index (χ1v) is 5.73. The predicted octanol–water partition coefficient (Wildman–Crippen LogP) is 2.62. The maximum atomic E-state index is 11.3. The molecular weight excluding hydrogens is 250 g/mol. The Bertz CT molecular complexity index is 363. The molecule has 1 aromatic rings. The molecular formula is C14H20ClNO2. The first-order valence-electron chi connectivity index (χ1n) is 5.73. The van der Waals surface area contributed by atoms with Crippen molar-refractivity contribution >= 4 is 24.5 Å². The molecule has 1 aromatic carbocycles. The molecule has 0 bridgehead atoms. The van der Waals surface area contributed by atoms with E-state index in [0.717, 1.165) is 18.5 Å². The zero-order valence-electron chi connectivity index (χ0n) is 10.8. The summed E-state index contributed by atoms with van der Waals surface area (Å²) in [7, 11) is 3.99. The molecule has 0 spiro atoms. The van der Waals surface area contributed by atoms with Crippen molar-refractivity contribution in [3.8, 4) is 0 Å². The van der Waals surface area contributed by atoms with Gasteiger partial charge in [-0.2, -0.15) is 0 Å². The fourth-order valence-electron chi connectivity index (χ4n) is 1.33. The molecule has 100 valence electrons. The molecule has 0 fully saturated rings. The molecule has 0 radical (unpaired) electrons. The van der Waals surface area contributed by atoms with Gasteiger partial charge in [-0.3, -0.25) is 0 Å². The minimum absolute atomic E-state index is 0. The molecule has 0 amide bonds. The summed E-state index contributed by atoms with van der Waals surface area (Å²) in [6.07, 6.45) is 4.08. The van der Waals surface area contributed by atoms with E-state index in [0.29, 0.717) is 6.61 Å². The van der Waals surface area contributed by atoms with Gasteiger partial charge in [-0.1, -0.05) is 30.3 Å². The average molecular weight is 270 g/mol. The lowest BCUT2D eigenvalue weighted by Crippen LogP contribution is -2.15. The molecule has 0 aliphatic rings. The van der Waals surface area contributed by atoms with Gasteiger partial charge in [-0.05, 0) is 32.2 Å². The van der Waals surface area contributed by atoms with Crippen LogP contribution in [0.1, 0.15) is 12.0 Å². The van der Waals surface area contributed by atoms with Crippen molar-refractivity contribution in [1.82, 2.24) is 4.90 Å². The number of hydrogen-bond acceptors (Lipinski definition) is 3. The summed E-state index contributed by atoms with van der Waals surface area (Å²) >= 11 is 0. The van der Waals surface area contributed by atoms with Crippen molar-refractivity contribution in [2.45, 2.75) is 6.42 Å². The fourth-order valence-corrected chi connectivity index (χ4v) is 1.33. The number of esters is 1. The van der Waals surface area contributed by atoms with E-state index in [2.05, 4.69) is 4.90 Å². The average Bonchev–Trinajstić information content (AvgIpc) is 2.33. The molecule has 0 heterocycles. The maximum Gasteiger partial charge on any atom is 0.330 e. The van der Waals surface area contributed by atoms with Crippen molar-refractivity contribution in [3.63, 3.8) is 0 Å². The van der Waals surface area contributed by atoms with Crippen LogP contribution >= 0.6 is 12.4 Å². The lowest BCUT2D eigenvalue weighted by molar-refractivity contribution is -0.137. The molecule has 0 N–H and O–H groups in total. The lowest BCUT2D eigenvalue weighted by Gasteiger charge is -2.08. The number of carbonyl (C=O) groups is 1. The molecule has 18 heavy (non-hydrogen) atoms. The van der Waals surface area contributed by atoms with E-state index in [9.17, 15) is 4.79 Å². The van der Waals surface area contributed by atoms with Gasteiger partial charge in [0.05, 0.1) is 6.61 Å². The fraction of sp³-hybridized carbons (Fsp3) is 0.357. The van der Waals surface area contributed by atoms with Gasteiger partial charge in [0.15, 0.2) is 0 Å². The molecule has 0 aliphatic heterocycles. The van der Waals surface area contributed by atoms with Crippen LogP contribution in [-0.4, -0.2) is 38.1 Å². The molecule has 0 atom stereocenters. The molecule has 3 nitrogen and oxygen atoms in total. The SMILES string of the molecule is CN(C)CCCOC(=O)/C=C/c1ccccc1.Cl. The number of halogens is 1. The van der Waals surface area contributed by atoms with E-state index in [4.69, 9.17) is 4.74 Å². The zero-order valence-corrected chi connectivity index (χ0v) is 11.7. The third kappa shape index (κ3) is 7.87. The standard InChI is InChI=1S/C14H19NO2.ClH/c1-15(2)11-6-12-17-14(16)10-9-13-7-4-3-5-8-13;/h3-5,7-10H,6,11-12H2,1-2H3;1H/b10-9+;. The monoisotopic (exact) mass is 269 g/mol. The Labute approximate surface area is 115 Å². The van der Waals surface area contributed by atoms with E-state index in [-0.39, 0.29) is 18.4 Å². The molecule has 4 heteroatoms. The smallest absolute Gasteiger partial charge is 0.330 e. The summed E-state index contributed by atoms with van der Waals surface area (Å²) < 4.78 is 5.06. The summed E-state index contributed by atoms with van der Waals surface area (Å²) in [5, 5.41) is 0. The summed E-state index contributed by atoms with van der Waals surface area (Å²) in [6, 6.07) is 9.69. The van der Waals surface area contributed by atoms with E-state index >= 15 is 0 Å². The highest BCUT2D eigenvalue weighted by molar-refractivity contribution is 5.87. The highest BCUT2D eigenvalue weighted by atomic mass is 35.5. The third-order valence-corrected chi connectivity index (χ3v) is 2.21. The molecule has 0 aliphatic carbocycles. The number of benzene rings is 1. The largest absolute Gasteiger partial charge is 0.462 e. The van der Waals surface area contributed by atoms with Gasteiger partial charge >= 0.3 is 5.97 Å². The predicted molar refractivity (Wildman–Crippen MR) is 76.9 cm³/mol. The van der Waals surface area contributed by atoms with Crippen LogP contribution in [0.25, 0.3) is 6.08 Å². The molecule has 0 saturated carbocycles. The quantitative estimate of drug-likeness (QED) is 0.452. The van der Waals surface area contributed by atoms with Gasteiger partial charge in [0.1, 0.15) is 0 Å². The van der Waals surface area contributed by atoms with E-state index < -0.39 is 0 Å². The Morgan fingerprint density at radius 1 is 1.28 bits per heavy atom. The van der Waals surface area contributed by atoms with Crippen LogP contribution in [0.3, 0.4) is 0 Å². The lowest BCUT2D eigenvalue weighted by atomic mass is 10.2. The Morgan fingerprint density at radius 3 is 2.56 bits per heavy atom. The van der Waals surface area contributed by atoms with Crippen molar-refractivity contribution in [1.29, 1.82) is 0 Å². The van der Waals surface area contributed by atoms with Gasteiger partial charge in [-0.25, -0.2) is 4.79 Å². The maximum absolute atomic E-state index is 11.3. The van der Waals surface area contributed by atoms with Gasteiger partial charge in [0.2, 0.25) is 0 Å². The Balaban J connectivity index is 0.00000289. The van der Waals surface area contributed by atoms with Crippen molar-refractivity contribution in [3.05, 3.63) is 42.0 Å². The molecule has 0 unspecified atom stereocenters. The molecule has 0 aromatic heterocycles. The second-order valence-corrected chi connectivity index (χ2v) is 4.07. The first-order chi connectivity index (χ1) is 8.18. The second kappa shape index (κ2) is 9.68. The minimum Gasteiger partial charge on any atom is -0.462 e. The zero-order chi connectivity index (χ0) is 12.5. The normalized spacial score (nSPS) is 10.4. The number of ether oxygens (including phenoxy) is 1. The van der Waals surface area contributed by atoms with Crippen LogP contribution in [0.15, 0.2) is 36.4 Å². The molecule has 1 rings (SSSR count). The molecule has 0 saturated heterocycles. The van der Waals surface area contributed by atoms with Gasteiger partial charge < -0.3 is 9.64 Å². The van der Waals surface area contributed by atoms with E-state index in [1.807, 2.05) is 44.4 Å². The second-order valence-electron chi connectivity index (χ2n) is 4.07. The van der Waals surface area contributed by atoms with Crippen LogP contribution in [0.5, 0.6) is 0 Å². The summed E-state index contributed by atoms with van der Waals surface area (Å²) in [6.45, 7) is 1.39. The van der Waals surface area contributed by atoms with Crippen LogP contribution in [0.2, 0.25) is 0 Å². The minimum atomic E-state index is -0.285. The first kappa shape index (κ1) is 16.7. The summed E-state index contributed by atoms with van der Waals surface area (Å²) in [4.78, 5) is 13.4. The van der Waals surface area contributed by atoms with Crippen LogP contribution < -0.4 is 0 Å². The van der Waals surface area contributed by atoms with Gasteiger partial charge in [0, 0.05) is 12.6 Å². The Hall–Kier alpha value is -1.32. The van der Waals surface area contributed by atoms with E-state index in [1.165, 1.54) is 6.08 Å². The van der Waals surface area contributed by atoms with Gasteiger partial charge in [-0.15, -0.1) is 12.4 Å². The van der Waals surface area contributed by atoms with Crippen molar-refractivity contribution in [2.24, 2.45) is 0 Å². The number of nitrogens with zero attached hydrogens (tertiary/aromatic N) is 1. The van der Waals surface area contributed by atoms with Crippen molar-refractivity contribution in [2.75, 3.05) is 27.2 Å². The Kier molecular flexibility index (Phi) is 8.97. The van der Waals surface area contributed by atoms with Crippen LogP contribution in [-0.2, 0) is 9.53 Å². The van der Waals surface area contributed by atoms with Crippen LogP contribution in [0, 0.1) is 0 Å². The van der Waals surface area contributed by atoms with Crippen LogP contribution in [0.4, 0.5) is 0 Å². The summed E-state index contributed by atoms with van der Waals surface area (Å²) in [5.41, 5.74) is 0.998. The highest BCUT2D eigenvalue weighted by Crippen LogP contribution is 2.01. The number of hydrogen-bond donors (Lipinski definition) is 0. The number of rotatable bonds is 6. The Morgan fingerprint density at radius 2 is 1.94 bits per heavy atom. The van der Waals surface area contributed by atoms with Gasteiger partial charge in [0.25, 0.3) is 0 Å². The highest BCUT2D eigenvalue weighted by Gasteiger charge is 1.97. The number of carbonyl (C=O) groups excluding carboxylic acids is 1. The topological polar surface area (TPSA) is 29.5 Å². The third-order valence-electron chi connectivity index (χ3n) is 2.21.